The molecule has 0 bridgehead atoms. The van der Waals surface area contributed by atoms with E-state index in [0.29, 0.717) is 0 Å². The Bertz CT molecular complexity index is 320. The van der Waals surface area contributed by atoms with E-state index in [9.17, 15) is 9.59 Å². The average molecular weight is 206 g/mol. The lowest BCUT2D eigenvalue weighted by molar-refractivity contribution is -0.143. The number of nitrogens with zero attached hydrogens (tertiary/aromatic N) is 1. The van der Waals surface area contributed by atoms with Crippen molar-refractivity contribution < 1.29 is 9.59 Å². The van der Waals surface area contributed by atoms with Crippen LogP contribution in [0.5, 0.6) is 0 Å². The molecule has 80 valence electrons. The highest BCUT2D eigenvalue weighted by Gasteiger charge is 2.50. The first-order valence-corrected chi connectivity index (χ1v) is 5.51. The molecule has 0 aromatic rings. The number of nitrogens with one attached hydrogen (secondary N) is 1. The number of rotatable bonds is 1. The summed E-state index contributed by atoms with van der Waals surface area (Å²) in [6.07, 6.45) is 5.53. The maximum Gasteiger partial charge on any atom is 0.233 e. The highest BCUT2D eigenvalue weighted by Crippen LogP contribution is 2.36. The molecule has 2 amide bonds. The maximum atomic E-state index is 12.0. The molecule has 4 nitrogen and oxygen atoms in total. The van der Waals surface area contributed by atoms with E-state index >= 15 is 0 Å². The van der Waals surface area contributed by atoms with Crippen LogP contribution in [-0.2, 0) is 9.59 Å². The minimum absolute atomic E-state index is 0.0563. The van der Waals surface area contributed by atoms with Gasteiger partial charge < -0.3 is 5.32 Å². The fraction of sp³-hybridized carbons (Fsp3) is 0.636. The number of hydrogen-bond donors (Lipinski definition) is 1. The maximum absolute atomic E-state index is 12.0. The molecule has 0 spiro atoms. The van der Waals surface area contributed by atoms with Crippen molar-refractivity contribution in [1.82, 2.24) is 10.2 Å². The van der Waals surface area contributed by atoms with Gasteiger partial charge in [0.25, 0.3) is 0 Å². The van der Waals surface area contributed by atoms with Gasteiger partial charge in [0.05, 0.1) is 17.9 Å². The molecule has 0 aromatic heterocycles. The second kappa shape index (κ2) is 3.17. The van der Waals surface area contributed by atoms with Crippen LogP contribution >= 0.6 is 0 Å². The normalized spacial score (nSPS) is 35.6. The van der Waals surface area contributed by atoms with E-state index < -0.39 is 0 Å². The van der Waals surface area contributed by atoms with Crippen molar-refractivity contribution in [3.8, 4) is 0 Å². The lowest BCUT2D eigenvalue weighted by Gasteiger charge is -2.34. The summed E-state index contributed by atoms with van der Waals surface area (Å²) in [5, 5.41) is 3.10. The van der Waals surface area contributed by atoms with Crippen molar-refractivity contribution in [3.05, 3.63) is 12.2 Å². The topological polar surface area (TPSA) is 49.4 Å². The van der Waals surface area contributed by atoms with Crippen LogP contribution < -0.4 is 5.32 Å². The summed E-state index contributed by atoms with van der Waals surface area (Å²) in [5.74, 6) is -0.0205. The summed E-state index contributed by atoms with van der Waals surface area (Å²) in [7, 11) is 0. The Balaban J connectivity index is 1.87. The summed E-state index contributed by atoms with van der Waals surface area (Å²) in [5.41, 5.74) is 0. The minimum Gasteiger partial charge on any atom is -0.313 e. The third kappa shape index (κ3) is 1.17. The van der Waals surface area contributed by atoms with Gasteiger partial charge in [0.2, 0.25) is 11.8 Å². The number of imide groups is 1. The Morgan fingerprint density at radius 2 is 1.60 bits per heavy atom. The number of fused-ring (bicyclic) bond motifs is 1. The second-order valence-corrected chi connectivity index (χ2v) is 4.51. The van der Waals surface area contributed by atoms with Gasteiger partial charge in [0.1, 0.15) is 0 Å². The minimum atomic E-state index is -0.0666. The van der Waals surface area contributed by atoms with Gasteiger partial charge >= 0.3 is 0 Å². The van der Waals surface area contributed by atoms with Gasteiger partial charge in [0.15, 0.2) is 0 Å². The smallest absolute Gasteiger partial charge is 0.233 e. The van der Waals surface area contributed by atoms with Gasteiger partial charge in [-0.05, 0) is 12.8 Å². The van der Waals surface area contributed by atoms with Crippen molar-refractivity contribution in [2.24, 2.45) is 11.8 Å². The van der Waals surface area contributed by atoms with E-state index in [1.807, 2.05) is 12.2 Å². The molecule has 3 rings (SSSR count). The van der Waals surface area contributed by atoms with Crippen LogP contribution in [0.3, 0.4) is 0 Å². The van der Waals surface area contributed by atoms with E-state index in [2.05, 4.69) is 5.32 Å². The molecule has 0 aromatic carbocycles. The molecule has 2 aliphatic heterocycles. The third-order valence-corrected chi connectivity index (χ3v) is 3.67. The molecular formula is C11H14N2O2. The lowest BCUT2D eigenvalue weighted by Crippen LogP contribution is -2.59. The second-order valence-electron chi connectivity index (χ2n) is 4.51. The van der Waals surface area contributed by atoms with Gasteiger partial charge in [-0.25, -0.2) is 0 Å². The van der Waals surface area contributed by atoms with E-state index in [1.165, 1.54) is 4.90 Å². The third-order valence-electron chi connectivity index (χ3n) is 3.67. The summed E-state index contributed by atoms with van der Waals surface area (Å²) in [6, 6.07) is 0.121. The predicted octanol–water partition coefficient (Wildman–Crippen LogP) is -0.0906. The molecule has 1 aliphatic carbocycles. The number of allylic oxidation sites excluding steroid dienone is 2. The number of hydrogen-bond acceptors (Lipinski definition) is 3. The standard InChI is InChI=1S/C11H14N2O2/c14-10-8-3-1-2-4-9(8)11(15)13(10)7-5-12-6-7/h1-2,7-9,12H,3-6H2/t8-,9-/m0/s1. The fourth-order valence-corrected chi connectivity index (χ4v) is 2.64. The zero-order valence-corrected chi connectivity index (χ0v) is 8.48. The molecule has 0 saturated carbocycles. The Labute approximate surface area is 88.3 Å². The molecular weight excluding hydrogens is 192 g/mol. The highest BCUT2D eigenvalue weighted by molar-refractivity contribution is 6.05. The Morgan fingerprint density at radius 3 is 2.00 bits per heavy atom. The van der Waals surface area contributed by atoms with Crippen LogP contribution in [0.2, 0.25) is 0 Å². The number of amides is 2. The Kier molecular flexibility index (Phi) is 1.92. The molecule has 2 atom stereocenters. The molecule has 15 heavy (non-hydrogen) atoms. The zero-order chi connectivity index (χ0) is 10.4. The van der Waals surface area contributed by atoms with Crippen LogP contribution in [0.4, 0.5) is 0 Å². The Morgan fingerprint density at radius 1 is 1.07 bits per heavy atom. The van der Waals surface area contributed by atoms with Gasteiger partial charge in [-0.1, -0.05) is 12.2 Å². The van der Waals surface area contributed by atoms with Crippen LogP contribution in [0.1, 0.15) is 12.8 Å². The molecule has 4 heteroatoms. The summed E-state index contributed by atoms with van der Waals surface area (Å²) in [4.78, 5) is 25.6. The van der Waals surface area contributed by atoms with E-state index in [4.69, 9.17) is 0 Å². The van der Waals surface area contributed by atoms with E-state index in [0.717, 1.165) is 25.9 Å². The summed E-state index contributed by atoms with van der Waals surface area (Å²) >= 11 is 0. The van der Waals surface area contributed by atoms with E-state index in [1.54, 1.807) is 0 Å². The molecule has 3 aliphatic rings. The van der Waals surface area contributed by atoms with Crippen molar-refractivity contribution in [3.63, 3.8) is 0 Å². The largest absolute Gasteiger partial charge is 0.313 e. The van der Waals surface area contributed by atoms with Crippen LogP contribution in [0.25, 0.3) is 0 Å². The number of carbonyl (C=O) groups is 2. The summed E-state index contributed by atoms with van der Waals surface area (Å²) < 4.78 is 0. The molecule has 2 fully saturated rings. The molecule has 2 heterocycles. The first-order chi connectivity index (χ1) is 7.29. The van der Waals surface area contributed by atoms with Gasteiger partial charge in [-0.3, -0.25) is 14.5 Å². The predicted molar refractivity (Wildman–Crippen MR) is 53.9 cm³/mol. The number of likely N-dealkylation sites (tertiary alicyclic amines) is 1. The van der Waals surface area contributed by atoms with Crippen molar-refractivity contribution >= 4 is 11.8 Å². The first-order valence-electron chi connectivity index (χ1n) is 5.51. The monoisotopic (exact) mass is 206 g/mol. The van der Waals surface area contributed by atoms with Crippen LogP contribution in [-0.4, -0.2) is 35.8 Å². The first kappa shape index (κ1) is 9.09. The number of carbonyl (C=O) groups excluding carboxylic acids is 2. The van der Waals surface area contributed by atoms with Crippen molar-refractivity contribution in [2.75, 3.05) is 13.1 Å². The fourth-order valence-electron chi connectivity index (χ4n) is 2.64. The van der Waals surface area contributed by atoms with Crippen molar-refractivity contribution in [1.29, 1.82) is 0 Å². The van der Waals surface area contributed by atoms with Crippen LogP contribution in [0, 0.1) is 11.8 Å². The lowest BCUT2D eigenvalue weighted by atomic mass is 9.85. The summed E-state index contributed by atoms with van der Waals surface area (Å²) in [6.45, 7) is 1.54. The van der Waals surface area contributed by atoms with Gasteiger partial charge in [-0.15, -0.1) is 0 Å². The molecule has 0 unspecified atom stereocenters. The SMILES string of the molecule is O=C1[C@H]2CC=CC[C@@H]2C(=O)N1C1CNC1. The zero-order valence-electron chi connectivity index (χ0n) is 8.48. The van der Waals surface area contributed by atoms with Gasteiger partial charge in [-0.2, -0.15) is 0 Å². The van der Waals surface area contributed by atoms with Gasteiger partial charge in [0, 0.05) is 13.1 Å². The highest BCUT2D eigenvalue weighted by atomic mass is 16.2. The molecule has 0 radical (unpaired) electrons. The van der Waals surface area contributed by atoms with Crippen LogP contribution in [0.15, 0.2) is 12.2 Å². The average Bonchev–Trinajstić information content (AvgIpc) is 2.42. The van der Waals surface area contributed by atoms with E-state index in [-0.39, 0.29) is 29.7 Å². The molecule has 1 N–H and O–H groups in total. The molecule has 2 saturated heterocycles. The quantitative estimate of drug-likeness (QED) is 0.482. The Hall–Kier alpha value is -1.16. The van der Waals surface area contributed by atoms with Crippen molar-refractivity contribution in [2.45, 2.75) is 18.9 Å².